The lowest BCUT2D eigenvalue weighted by Crippen LogP contribution is -2.18. The van der Waals surface area contributed by atoms with E-state index in [2.05, 4.69) is 20.3 Å². The molecule has 1 amide bonds. The van der Waals surface area contributed by atoms with Gasteiger partial charge in [-0.1, -0.05) is 24.3 Å². The molecule has 0 saturated carbocycles. The molecule has 0 aliphatic carbocycles. The van der Waals surface area contributed by atoms with Gasteiger partial charge >= 0.3 is 0 Å². The number of hydrogen-bond donors (Lipinski definition) is 4. The number of H-pyrrole nitrogens is 1. The van der Waals surface area contributed by atoms with E-state index in [1.807, 2.05) is 13.0 Å². The molecule has 0 bridgehead atoms. The zero-order valence-electron chi connectivity index (χ0n) is 15.5. The molecular weight excluding hydrogens is 373 g/mol. The predicted octanol–water partition coefficient (Wildman–Crippen LogP) is 4.06. The summed E-state index contributed by atoms with van der Waals surface area (Å²) in [5.74, 6) is -0.186. The lowest BCUT2D eigenvalue weighted by atomic mass is 10.1. The van der Waals surface area contributed by atoms with E-state index in [1.54, 1.807) is 41.9 Å². The molecular formula is C21H18FN5O2. The fourth-order valence-corrected chi connectivity index (χ4v) is 3.12. The van der Waals surface area contributed by atoms with Crippen molar-refractivity contribution in [2.24, 2.45) is 0 Å². The van der Waals surface area contributed by atoms with Crippen LogP contribution in [0.3, 0.4) is 0 Å². The zero-order valence-corrected chi connectivity index (χ0v) is 15.5. The third kappa shape index (κ3) is 3.78. The van der Waals surface area contributed by atoms with Crippen LogP contribution in [0.1, 0.15) is 28.9 Å². The van der Waals surface area contributed by atoms with Gasteiger partial charge in [-0.05, 0) is 48.4 Å². The van der Waals surface area contributed by atoms with E-state index in [0.717, 1.165) is 22.2 Å². The number of fused-ring (bicyclic) bond motifs is 1. The molecule has 2 aromatic carbocycles. The second-order valence-electron chi connectivity index (χ2n) is 6.60. The molecule has 0 aliphatic heterocycles. The number of hydrogen-bond acceptors (Lipinski definition) is 5. The fourth-order valence-electron chi connectivity index (χ4n) is 3.12. The summed E-state index contributed by atoms with van der Waals surface area (Å²) in [6.07, 6.45) is 1.47. The average Bonchev–Trinajstić information content (AvgIpc) is 3.19. The maximum atomic E-state index is 13.2. The van der Waals surface area contributed by atoms with Gasteiger partial charge in [-0.2, -0.15) is 0 Å². The van der Waals surface area contributed by atoms with Crippen LogP contribution < -0.4 is 10.8 Å². The number of nitrogens with one attached hydrogen (secondary N) is 3. The van der Waals surface area contributed by atoms with E-state index >= 15 is 0 Å². The number of aromatic nitrogens is 3. The highest BCUT2D eigenvalue weighted by atomic mass is 19.1. The Morgan fingerprint density at radius 3 is 2.52 bits per heavy atom. The smallest absolute Gasteiger partial charge is 0.274 e. The van der Waals surface area contributed by atoms with Crippen molar-refractivity contribution in [3.8, 4) is 11.3 Å². The largest absolute Gasteiger partial charge is 0.363 e. The van der Waals surface area contributed by atoms with Gasteiger partial charge in [0.15, 0.2) is 0 Å². The number of rotatable bonds is 5. The summed E-state index contributed by atoms with van der Waals surface area (Å²) < 4.78 is 13.2. The molecule has 4 rings (SSSR count). The topological polar surface area (TPSA) is 103 Å². The molecule has 0 spiro atoms. The summed E-state index contributed by atoms with van der Waals surface area (Å²) in [7, 11) is 0. The van der Waals surface area contributed by atoms with Crippen molar-refractivity contribution in [3.05, 3.63) is 77.9 Å². The Hall–Kier alpha value is -3.78. The van der Waals surface area contributed by atoms with Crippen molar-refractivity contribution in [2.45, 2.75) is 13.0 Å². The third-order valence-electron chi connectivity index (χ3n) is 4.71. The molecule has 0 radical (unpaired) electrons. The van der Waals surface area contributed by atoms with Crippen LogP contribution >= 0.6 is 0 Å². The molecule has 2 heterocycles. The molecule has 0 fully saturated rings. The molecule has 4 aromatic rings. The molecule has 0 saturated heterocycles. The lowest BCUT2D eigenvalue weighted by molar-refractivity contribution is 0.0706. The molecule has 2 aromatic heterocycles. The van der Waals surface area contributed by atoms with Gasteiger partial charge < -0.3 is 10.3 Å². The van der Waals surface area contributed by atoms with Crippen molar-refractivity contribution in [1.82, 2.24) is 20.4 Å². The van der Waals surface area contributed by atoms with Crippen molar-refractivity contribution >= 4 is 22.8 Å². The fraction of sp³-hybridized carbons (Fsp3) is 0.0952. The monoisotopic (exact) mass is 391 g/mol. The maximum Gasteiger partial charge on any atom is 0.274 e. The van der Waals surface area contributed by atoms with Gasteiger partial charge in [-0.15, -0.1) is 0 Å². The number of carbonyl (C=O) groups is 1. The van der Waals surface area contributed by atoms with Gasteiger partial charge in [0.25, 0.3) is 5.91 Å². The quantitative estimate of drug-likeness (QED) is 0.304. The van der Waals surface area contributed by atoms with Gasteiger partial charge in [0.1, 0.15) is 23.6 Å². The standard InChI is InChI=1S/C21H18FN5O2/c1-12(13-6-8-16(22)9-7-13)25-19-17-10-18(26-20(17)24-11-23-19)14-2-4-15(5-3-14)21(28)27-29/h2-12,29H,1H3,(H,27,28)(H2,23,24,25,26)/t12-/m1/s1. The lowest BCUT2D eigenvalue weighted by Gasteiger charge is -2.15. The van der Waals surface area contributed by atoms with Crippen LogP contribution in [0.2, 0.25) is 0 Å². The minimum atomic E-state index is -0.569. The summed E-state index contributed by atoms with van der Waals surface area (Å²) in [4.78, 5) is 23.3. The Labute approximate surface area is 165 Å². The van der Waals surface area contributed by atoms with Gasteiger partial charge in [0.2, 0.25) is 0 Å². The van der Waals surface area contributed by atoms with E-state index in [9.17, 15) is 9.18 Å². The zero-order chi connectivity index (χ0) is 20.4. The van der Waals surface area contributed by atoms with Gasteiger partial charge in [0, 0.05) is 17.3 Å². The van der Waals surface area contributed by atoms with Crippen molar-refractivity contribution in [3.63, 3.8) is 0 Å². The molecule has 8 heteroatoms. The molecule has 0 aliphatic rings. The summed E-state index contributed by atoms with van der Waals surface area (Å²) in [5, 5.41) is 12.9. The van der Waals surface area contributed by atoms with Crippen LogP contribution in [0.5, 0.6) is 0 Å². The van der Waals surface area contributed by atoms with Crippen LogP contribution in [0.25, 0.3) is 22.3 Å². The summed E-state index contributed by atoms with van der Waals surface area (Å²) in [5.41, 5.74) is 5.23. The number of nitrogens with zero attached hydrogens (tertiary/aromatic N) is 2. The van der Waals surface area contributed by atoms with Crippen molar-refractivity contribution in [1.29, 1.82) is 0 Å². The van der Waals surface area contributed by atoms with E-state index < -0.39 is 5.91 Å². The highest BCUT2D eigenvalue weighted by molar-refractivity contribution is 5.94. The van der Waals surface area contributed by atoms with Crippen LogP contribution in [-0.4, -0.2) is 26.1 Å². The van der Waals surface area contributed by atoms with E-state index in [1.165, 1.54) is 18.5 Å². The van der Waals surface area contributed by atoms with E-state index in [0.29, 0.717) is 17.0 Å². The van der Waals surface area contributed by atoms with Gasteiger partial charge in [-0.25, -0.2) is 19.8 Å². The molecule has 1 atom stereocenters. The Kier molecular flexibility index (Phi) is 4.92. The van der Waals surface area contributed by atoms with Crippen molar-refractivity contribution in [2.75, 3.05) is 5.32 Å². The Morgan fingerprint density at radius 2 is 1.83 bits per heavy atom. The first-order valence-electron chi connectivity index (χ1n) is 8.96. The Bertz CT molecular complexity index is 1160. The minimum Gasteiger partial charge on any atom is -0.363 e. The summed E-state index contributed by atoms with van der Waals surface area (Å²) in [6.45, 7) is 1.97. The second kappa shape index (κ2) is 7.69. The summed E-state index contributed by atoms with van der Waals surface area (Å²) in [6, 6.07) is 15.0. The number of anilines is 1. The van der Waals surface area contributed by atoms with Crippen LogP contribution in [0.15, 0.2) is 60.9 Å². The van der Waals surface area contributed by atoms with Crippen LogP contribution in [0.4, 0.5) is 10.2 Å². The maximum absolute atomic E-state index is 13.2. The number of carbonyl (C=O) groups excluding carboxylic acids is 1. The van der Waals surface area contributed by atoms with Gasteiger partial charge in [-0.3, -0.25) is 10.0 Å². The highest BCUT2D eigenvalue weighted by Gasteiger charge is 2.13. The first kappa shape index (κ1) is 18.6. The first-order valence-corrected chi connectivity index (χ1v) is 8.96. The molecule has 29 heavy (non-hydrogen) atoms. The van der Waals surface area contributed by atoms with E-state index in [-0.39, 0.29) is 11.9 Å². The summed E-state index contributed by atoms with van der Waals surface area (Å²) >= 11 is 0. The molecule has 7 nitrogen and oxygen atoms in total. The average molecular weight is 391 g/mol. The number of benzene rings is 2. The number of halogens is 1. The van der Waals surface area contributed by atoms with Gasteiger partial charge in [0.05, 0.1) is 5.39 Å². The third-order valence-corrected chi connectivity index (χ3v) is 4.71. The van der Waals surface area contributed by atoms with E-state index in [4.69, 9.17) is 5.21 Å². The molecule has 0 unspecified atom stereocenters. The second-order valence-corrected chi connectivity index (χ2v) is 6.60. The number of hydroxylamine groups is 1. The highest BCUT2D eigenvalue weighted by Crippen LogP contribution is 2.29. The Morgan fingerprint density at radius 1 is 1.10 bits per heavy atom. The normalized spacial score (nSPS) is 12.0. The Balaban J connectivity index is 1.63. The molecule has 146 valence electrons. The number of aromatic amines is 1. The predicted molar refractivity (Wildman–Crippen MR) is 107 cm³/mol. The first-order chi connectivity index (χ1) is 14.0. The van der Waals surface area contributed by atoms with Crippen LogP contribution in [0, 0.1) is 5.82 Å². The number of amides is 1. The SMILES string of the molecule is C[C@@H](Nc1ncnc2[nH]c(-c3ccc(C(=O)NO)cc3)cc12)c1ccc(F)cc1. The van der Waals surface area contributed by atoms with Crippen molar-refractivity contribution < 1.29 is 14.4 Å². The molecule has 4 N–H and O–H groups in total. The minimum absolute atomic E-state index is 0.0803. The van der Waals surface area contributed by atoms with Crippen LogP contribution in [-0.2, 0) is 0 Å².